The van der Waals surface area contributed by atoms with Crippen molar-refractivity contribution in [2.24, 2.45) is 11.8 Å². The Labute approximate surface area is 169 Å². The topological polar surface area (TPSA) is 82.6 Å². The molecular weight excluding hydrogens is 370 g/mol. The number of methoxy groups -OCH3 is 2. The fourth-order valence-electron chi connectivity index (χ4n) is 3.47. The Morgan fingerprint density at radius 1 is 1.14 bits per heavy atom. The fourth-order valence-corrected chi connectivity index (χ4v) is 3.47. The predicted molar refractivity (Wildman–Crippen MR) is 109 cm³/mol. The summed E-state index contributed by atoms with van der Waals surface area (Å²) in [6, 6.07) is 11.4. The summed E-state index contributed by atoms with van der Waals surface area (Å²) < 4.78 is 16.8. The van der Waals surface area contributed by atoms with Crippen LogP contribution in [0, 0.1) is 11.8 Å². The summed E-state index contributed by atoms with van der Waals surface area (Å²) in [5, 5.41) is 3.71. The maximum Gasteiger partial charge on any atom is 0.223 e. The van der Waals surface area contributed by atoms with Crippen molar-refractivity contribution in [2.45, 2.75) is 6.92 Å². The molecule has 0 saturated carbocycles. The molecule has 29 heavy (non-hydrogen) atoms. The van der Waals surface area contributed by atoms with Gasteiger partial charge in [-0.2, -0.15) is 0 Å². The van der Waals surface area contributed by atoms with Gasteiger partial charge in [0.05, 0.1) is 37.4 Å². The Kier molecular flexibility index (Phi) is 5.20. The molecule has 0 bridgehead atoms. The zero-order valence-electron chi connectivity index (χ0n) is 16.6. The summed E-state index contributed by atoms with van der Waals surface area (Å²) >= 11 is 0. The molecule has 1 aliphatic heterocycles. The van der Waals surface area contributed by atoms with E-state index in [0.29, 0.717) is 30.5 Å². The first kappa shape index (κ1) is 19.0. The third-order valence-electron chi connectivity index (χ3n) is 5.34. The molecule has 4 rings (SSSR count). The fraction of sp³-hybridized carbons (Fsp3) is 0.318. The van der Waals surface area contributed by atoms with Crippen molar-refractivity contribution in [3.8, 4) is 28.6 Å². The molecule has 2 aromatic heterocycles. The Hall–Kier alpha value is -3.35. The summed E-state index contributed by atoms with van der Waals surface area (Å²) in [4.78, 5) is 21.0. The van der Waals surface area contributed by atoms with Crippen LogP contribution in [0.4, 0.5) is 0 Å². The number of ether oxygens (including phenoxy) is 3. The van der Waals surface area contributed by atoms with Crippen LogP contribution in [0.3, 0.4) is 0 Å². The number of carbonyl (C=O) groups excluding carboxylic acids is 1. The van der Waals surface area contributed by atoms with Gasteiger partial charge in [-0.1, -0.05) is 6.92 Å². The molecule has 1 aliphatic rings. The molecule has 0 radical (unpaired) electrons. The van der Waals surface area contributed by atoms with E-state index in [1.54, 1.807) is 20.4 Å². The zero-order chi connectivity index (χ0) is 20.4. The monoisotopic (exact) mass is 393 g/mol. The van der Waals surface area contributed by atoms with Crippen LogP contribution in [0.15, 0.2) is 42.6 Å². The Morgan fingerprint density at radius 2 is 1.97 bits per heavy atom. The normalized spacial score (nSPS) is 18.5. The smallest absolute Gasteiger partial charge is 0.223 e. The molecule has 150 valence electrons. The molecule has 3 heterocycles. The first-order valence-electron chi connectivity index (χ1n) is 9.49. The highest BCUT2D eigenvalue weighted by atomic mass is 16.5. The van der Waals surface area contributed by atoms with Gasteiger partial charge in [0.25, 0.3) is 0 Å². The van der Waals surface area contributed by atoms with Gasteiger partial charge in [0.1, 0.15) is 0 Å². The lowest BCUT2D eigenvalue weighted by atomic mass is 9.99. The molecule has 2 atom stereocenters. The maximum atomic E-state index is 11.7. The molecule has 1 saturated heterocycles. The van der Waals surface area contributed by atoms with E-state index in [4.69, 9.17) is 19.2 Å². The van der Waals surface area contributed by atoms with E-state index in [2.05, 4.69) is 10.3 Å². The number of rotatable bonds is 6. The van der Waals surface area contributed by atoms with E-state index in [1.807, 2.05) is 43.3 Å². The lowest BCUT2D eigenvalue weighted by Gasteiger charge is -2.16. The first-order chi connectivity index (χ1) is 14.1. The molecule has 0 spiro atoms. The van der Waals surface area contributed by atoms with E-state index < -0.39 is 0 Å². The van der Waals surface area contributed by atoms with Crippen LogP contribution in [-0.4, -0.2) is 43.2 Å². The minimum atomic E-state index is -0.0755. The molecular formula is C22H23N3O4. The van der Waals surface area contributed by atoms with E-state index in [0.717, 1.165) is 22.2 Å². The molecule has 1 amide bonds. The van der Waals surface area contributed by atoms with Gasteiger partial charge in [-0.3, -0.25) is 9.78 Å². The molecule has 1 N–H and O–H groups in total. The van der Waals surface area contributed by atoms with Crippen LogP contribution in [-0.2, 0) is 4.79 Å². The SMILES string of the molecule is COc1ccc(-c2cc3ncccc3c(OCC3CNC(=O)C3C)n2)cc1OC. The van der Waals surface area contributed by atoms with Gasteiger partial charge in [-0.05, 0) is 36.4 Å². The number of hydrogen-bond donors (Lipinski definition) is 1. The number of hydrogen-bond acceptors (Lipinski definition) is 6. The van der Waals surface area contributed by atoms with Crippen LogP contribution in [0.1, 0.15) is 6.92 Å². The van der Waals surface area contributed by atoms with Crippen LogP contribution in [0.2, 0.25) is 0 Å². The molecule has 7 nitrogen and oxygen atoms in total. The number of benzene rings is 1. The molecule has 0 aliphatic carbocycles. The van der Waals surface area contributed by atoms with Crippen molar-refractivity contribution < 1.29 is 19.0 Å². The summed E-state index contributed by atoms with van der Waals surface area (Å²) in [5.41, 5.74) is 2.38. The Bertz CT molecular complexity index is 1050. The highest BCUT2D eigenvalue weighted by Gasteiger charge is 2.31. The third kappa shape index (κ3) is 3.68. The molecule has 7 heteroatoms. The van der Waals surface area contributed by atoms with Crippen LogP contribution < -0.4 is 19.5 Å². The lowest BCUT2D eigenvalue weighted by molar-refractivity contribution is -0.122. The van der Waals surface area contributed by atoms with Gasteiger partial charge in [0.2, 0.25) is 11.8 Å². The lowest BCUT2D eigenvalue weighted by Crippen LogP contribution is -2.20. The van der Waals surface area contributed by atoms with Crippen molar-refractivity contribution >= 4 is 16.8 Å². The van der Waals surface area contributed by atoms with Gasteiger partial charge in [-0.25, -0.2) is 4.98 Å². The van der Waals surface area contributed by atoms with Gasteiger partial charge in [0, 0.05) is 30.1 Å². The quantitative estimate of drug-likeness (QED) is 0.693. The van der Waals surface area contributed by atoms with Gasteiger partial charge in [-0.15, -0.1) is 0 Å². The van der Waals surface area contributed by atoms with Crippen LogP contribution in [0.25, 0.3) is 22.2 Å². The Morgan fingerprint density at radius 3 is 2.69 bits per heavy atom. The van der Waals surface area contributed by atoms with E-state index in [-0.39, 0.29) is 17.7 Å². The number of pyridine rings is 2. The van der Waals surface area contributed by atoms with Crippen molar-refractivity contribution in [2.75, 3.05) is 27.4 Å². The van der Waals surface area contributed by atoms with E-state index >= 15 is 0 Å². The van der Waals surface area contributed by atoms with Gasteiger partial charge in [0.15, 0.2) is 11.5 Å². The third-order valence-corrected chi connectivity index (χ3v) is 5.34. The highest BCUT2D eigenvalue weighted by molar-refractivity contribution is 5.87. The average Bonchev–Trinajstić information content (AvgIpc) is 3.08. The standard InChI is InChI=1S/C22H23N3O4/c1-13-15(11-24-21(13)26)12-29-22-16-5-4-8-23-18(16)10-17(25-22)14-6-7-19(27-2)20(9-14)28-3/h4-10,13,15H,11-12H2,1-3H3,(H,24,26). The summed E-state index contributed by atoms with van der Waals surface area (Å²) in [6.07, 6.45) is 1.74. The largest absolute Gasteiger partial charge is 0.493 e. The summed E-state index contributed by atoms with van der Waals surface area (Å²) in [5.74, 6) is 1.89. The minimum Gasteiger partial charge on any atom is -0.493 e. The van der Waals surface area contributed by atoms with Crippen LogP contribution >= 0.6 is 0 Å². The number of fused-ring (bicyclic) bond motifs is 1. The first-order valence-corrected chi connectivity index (χ1v) is 9.49. The summed E-state index contributed by atoms with van der Waals surface area (Å²) in [6.45, 7) is 2.95. The molecule has 2 unspecified atom stereocenters. The number of nitrogens with one attached hydrogen (secondary N) is 1. The summed E-state index contributed by atoms with van der Waals surface area (Å²) in [7, 11) is 3.20. The van der Waals surface area contributed by atoms with E-state index in [1.165, 1.54) is 0 Å². The minimum absolute atomic E-state index is 0.0668. The Balaban J connectivity index is 1.70. The van der Waals surface area contributed by atoms with Gasteiger partial charge >= 0.3 is 0 Å². The molecule has 1 aromatic carbocycles. The second-order valence-electron chi connectivity index (χ2n) is 7.06. The number of amides is 1. The second kappa shape index (κ2) is 7.95. The zero-order valence-corrected chi connectivity index (χ0v) is 16.6. The average molecular weight is 393 g/mol. The van der Waals surface area contributed by atoms with Crippen LogP contribution in [0.5, 0.6) is 17.4 Å². The van der Waals surface area contributed by atoms with Crippen molar-refractivity contribution in [3.63, 3.8) is 0 Å². The van der Waals surface area contributed by atoms with Gasteiger partial charge < -0.3 is 19.5 Å². The van der Waals surface area contributed by atoms with Crippen molar-refractivity contribution in [1.82, 2.24) is 15.3 Å². The predicted octanol–water partition coefficient (Wildman–Crippen LogP) is 3.07. The maximum absolute atomic E-state index is 11.7. The highest BCUT2D eigenvalue weighted by Crippen LogP contribution is 2.34. The second-order valence-corrected chi connectivity index (χ2v) is 7.06. The number of aromatic nitrogens is 2. The number of nitrogens with zero attached hydrogens (tertiary/aromatic N) is 2. The molecule has 1 fully saturated rings. The molecule has 3 aromatic rings. The van der Waals surface area contributed by atoms with Crippen molar-refractivity contribution in [1.29, 1.82) is 0 Å². The van der Waals surface area contributed by atoms with Crippen molar-refractivity contribution in [3.05, 3.63) is 42.6 Å². The number of carbonyl (C=O) groups is 1. The van der Waals surface area contributed by atoms with E-state index in [9.17, 15) is 4.79 Å².